The van der Waals surface area contributed by atoms with Crippen LogP contribution in [0.3, 0.4) is 0 Å². The van der Waals surface area contributed by atoms with Gasteiger partial charge in [-0.25, -0.2) is 4.79 Å². The number of unbranched alkanes of at least 4 members (excludes halogenated alkanes) is 2. The standard InChI is InChI=1S/C26H42O9/c1-16(13-23(30)33-11-9-7-5-4-6-8-10-22(28)29)12-20-25(32)24(31)19(15-34-20)14-21-26(35-21)17(2)18(3)27/h4,6,13,17-21,24-27,31-32H,5,7-12,14-15H2,1-3H3,(H,28,29)/b6-4+,16-13+/t17-,18-,19-,20-,21?,24+,25-,26-/m0/s1. The minimum atomic E-state index is -1.07. The zero-order chi connectivity index (χ0) is 26.0. The van der Waals surface area contributed by atoms with Crippen molar-refractivity contribution in [1.29, 1.82) is 0 Å². The predicted molar refractivity (Wildman–Crippen MR) is 129 cm³/mol. The lowest BCUT2D eigenvalue weighted by Crippen LogP contribution is -2.50. The van der Waals surface area contributed by atoms with Crippen molar-refractivity contribution in [2.45, 2.75) is 102 Å². The van der Waals surface area contributed by atoms with Gasteiger partial charge in [0.2, 0.25) is 0 Å². The summed E-state index contributed by atoms with van der Waals surface area (Å²) < 4.78 is 16.7. The van der Waals surface area contributed by atoms with E-state index in [1.807, 2.05) is 19.1 Å². The first-order chi connectivity index (χ1) is 16.6. The van der Waals surface area contributed by atoms with E-state index in [2.05, 4.69) is 0 Å². The molecule has 0 aromatic heterocycles. The fourth-order valence-electron chi connectivity index (χ4n) is 4.31. The molecule has 9 heteroatoms. The average Bonchev–Trinajstić information content (AvgIpc) is 3.55. The number of carboxylic acid groups (broad SMARTS) is 1. The Morgan fingerprint density at radius 3 is 2.49 bits per heavy atom. The molecule has 0 aromatic rings. The first-order valence-corrected chi connectivity index (χ1v) is 12.6. The molecule has 2 saturated heterocycles. The number of aliphatic carboxylic acids is 1. The monoisotopic (exact) mass is 498 g/mol. The third-order valence-corrected chi connectivity index (χ3v) is 6.76. The topological polar surface area (TPSA) is 146 Å². The van der Waals surface area contributed by atoms with Gasteiger partial charge in [0.25, 0.3) is 0 Å². The molecule has 0 aromatic carbocycles. The Kier molecular flexibility index (Phi) is 12.4. The highest BCUT2D eigenvalue weighted by molar-refractivity contribution is 5.82. The Morgan fingerprint density at radius 2 is 1.80 bits per heavy atom. The third-order valence-electron chi connectivity index (χ3n) is 6.76. The van der Waals surface area contributed by atoms with Crippen LogP contribution in [0, 0.1) is 11.8 Å². The third kappa shape index (κ3) is 10.4. The number of carboxylic acids is 1. The normalized spacial score (nSPS) is 30.7. The lowest BCUT2D eigenvalue weighted by atomic mass is 9.85. The van der Waals surface area contributed by atoms with Gasteiger partial charge in [-0.15, -0.1) is 0 Å². The Balaban J connectivity index is 1.64. The van der Waals surface area contributed by atoms with Crippen LogP contribution < -0.4 is 0 Å². The van der Waals surface area contributed by atoms with Crippen molar-refractivity contribution >= 4 is 11.9 Å². The van der Waals surface area contributed by atoms with E-state index in [0.717, 1.165) is 12.8 Å². The molecule has 9 nitrogen and oxygen atoms in total. The first kappa shape index (κ1) is 29.5. The van der Waals surface area contributed by atoms with E-state index >= 15 is 0 Å². The van der Waals surface area contributed by atoms with E-state index in [1.54, 1.807) is 13.8 Å². The van der Waals surface area contributed by atoms with E-state index < -0.39 is 36.4 Å². The van der Waals surface area contributed by atoms with Gasteiger partial charge in [-0.1, -0.05) is 24.6 Å². The van der Waals surface area contributed by atoms with Gasteiger partial charge < -0.3 is 34.6 Å². The molecule has 0 amide bonds. The van der Waals surface area contributed by atoms with E-state index in [4.69, 9.17) is 19.3 Å². The quantitative estimate of drug-likeness (QED) is 0.0878. The van der Waals surface area contributed by atoms with Gasteiger partial charge in [-0.05, 0) is 52.4 Å². The van der Waals surface area contributed by atoms with Crippen LogP contribution in [0.5, 0.6) is 0 Å². The van der Waals surface area contributed by atoms with Crippen LogP contribution in [0.25, 0.3) is 0 Å². The van der Waals surface area contributed by atoms with Gasteiger partial charge in [0.15, 0.2) is 0 Å². The van der Waals surface area contributed by atoms with Crippen molar-refractivity contribution in [2.24, 2.45) is 11.8 Å². The summed E-state index contributed by atoms with van der Waals surface area (Å²) in [7, 11) is 0. The number of aliphatic hydroxyl groups is 3. The summed E-state index contributed by atoms with van der Waals surface area (Å²) in [6.07, 6.45) is 5.88. The van der Waals surface area contributed by atoms with E-state index in [0.29, 0.717) is 44.5 Å². The molecule has 1 unspecified atom stereocenters. The van der Waals surface area contributed by atoms with Crippen molar-refractivity contribution in [1.82, 2.24) is 0 Å². The van der Waals surface area contributed by atoms with Crippen LogP contribution >= 0.6 is 0 Å². The number of rotatable bonds is 15. The van der Waals surface area contributed by atoms with E-state index in [-0.39, 0.29) is 30.5 Å². The first-order valence-electron chi connectivity index (χ1n) is 12.6. The SMILES string of the molecule is C/C(=C\C(=O)OCCCC/C=C/CCC(=O)O)C[C@@H]1OC[C@H](CC2O[C@H]2[C@@H](C)[C@H](C)O)[C@@H](O)[C@H]1O. The van der Waals surface area contributed by atoms with Gasteiger partial charge in [0, 0.05) is 24.3 Å². The second kappa shape index (κ2) is 14.7. The largest absolute Gasteiger partial charge is 0.481 e. The molecule has 0 spiro atoms. The maximum absolute atomic E-state index is 12.0. The van der Waals surface area contributed by atoms with Crippen LogP contribution in [0.1, 0.15) is 65.7 Å². The molecule has 2 aliphatic rings. The smallest absolute Gasteiger partial charge is 0.330 e. The summed E-state index contributed by atoms with van der Waals surface area (Å²) in [6.45, 7) is 6.01. The number of carbonyl (C=O) groups is 2. The molecule has 4 N–H and O–H groups in total. The summed E-state index contributed by atoms with van der Waals surface area (Å²) in [5, 5.41) is 39.4. The number of carbonyl (C=O) groups excluding carboxylic acids is 1. The second-order valence-corrected chi connectivity index (χ2v) is 9.85. The molecule has 200 valence electrons. The van der Waals surface area contributed by atoms with E-state index in [1.165, 1.54) is 6.08 Å². The Labute approximate surface area is 207 Å². The predicted octanol–water partition coefficient (Wildman–Crippen LogP) is 2.37. The van der Waals surface area contributed by atoms with E-state index in [9.17, 15) is 24.9 Å². The molecular weight excluding hydrogens is 456 g/mol. The number of hydrogen-bond acceptors (Lipinski definition) is 8. The summed E-state index contributed by atoms with van der Waals surface area (Å²) in [6, 6.07) is 0. The van der Waals surface area contributed by atoms with Crippen molar-refractivity contribution in [3.63, 3.8) is 0 Å². The van der Waals surface area contributed by atoms with Gasteiger partial charge in [-0.3, -0.25) is 4.79 Å². The van der Waals surface area contributed by atoms with Crippen LogP contribution in [0.15, 0.2) is 23.8 Å². The summed E-state index contributed by atoms with van der Waals surface area (Å²) in [4.78, 5) is 22.5. The number of esters is 1. The molecule has 0 aliphatic carbocycles. The molecule has 2 rings (SSSR count). The van der Waals surface area contributed by atoms with Gasteiger partial charge in [-0.2, -0.15) is 0 Å². The number of aliphatic hydroxyl groups excluding tert-OH is 3. The molecule has 0 bridgehead atoms. The highest BCUT2D eigenvalue weighted by Gasteiger charge is 2.48. The summed E-state index contributed by atoms with van der Waals surface area (Å²) in [5.41, 5.74) is 0.697. The molecule has 0 saturated carbocycles. The lowest BCUT2D eigenvalue weighted by Gasteiger charge is -2.38. The molecule has 2 fully saturated rings. The molecule has 8 atom stereocenters. The van der Waals surface area contributed by atoms with Crippen molar-refractivity contribution in [3.05, 3.63) is 23.8 Å². The van der Waals surface area contributed by atoms with Crippen LogP contribution in [0.2, 0.25) is 0 Å². The zero-order valence-corrected chi connectivity index (χ0v) is 21.0. The number of epoxide rings is 1. The highest BCUT2D eigenvalue weighted by atomic mass is 16.6. The molecule has 0 radical (unpaired) electrons. The number of ether oxygens (including phenoxy) is 3. The van der Waals surface area contributed by atoms with Gasteiger partial charge >= 0.3 is 11.9 Å². The lowest BCUT2D eigenvalue weighted by molar-refractivity contribution is -0.165. The molecule has 2 aliphatic heterocycles. The van der Waals surface area contributed by atoms with Crippen LogP contribution in [-0.2, 0) is 23.8 Å². The highest BCUT2D eigenvalue weighted by Crippen LogP contribution is 2.38. The molecule has 35 heavy (non-hydrogen) atoms. The summed E-state index contributed by atoms with van der Waals surface area (Å²) in [5.74, 6) is -1.50. The van der Waals surface area contributed by atoms with Crippen molar-refractivity contribution < 1.29 is 44.2 Å². The fraction of sp³-hybridized carbons (Fsp3) is 0.769. The Morgan fingerprint density at radius 1 is 1.09 bits per heavy atom. The van der Waals surface area contributed by atoms with Gasteiger partial charge in [0.05, 0.1) is 43.7 Å². The van der Waals surface area contributed by atoms with Crippen molar-refractivity contribution in [3.8, 4) is 0 Å². The Bertz CT molecular complexity index is 732. The minimum Gasteiger partial charge on any atom is -0.481 e. The van der Waals surface area contributed by atoms with Crippen LogP contribution in [-0.4, -0.2) is 82.2 Å². The maximum atomic E-state index is 12.0. The summed E-state index contributed by atoms with van der Waals surface area (Å²) >= 11 is 0. The van der Waals surface area contributed by atoms with Gasteiger partial charge in [0.1, 0.15) is 6.10 Å². The minimum absolute atomic E-state index is 0.0131. The second-order valence-electron chi connectivity index (χ2n) is 9.85. The number of hydrogen-bond donors (Lipinski definition) is 4. The Hall–Kier alpha value is -1.78. The molecule has 2 heterocycles. The zero-order valence-electron chi connectivity index (χ0n) is 21.0. The maximum Gasteiger partial charge on any atom is 0.330 e. The number of allylic oxidation sites excluding steroid dienone is 2. The van der Waals surface area contributed by atoms with Crippen molar-refractivity contribution in [2.75, 3.05) is 13.2 Å². The van der Waals surface area contributed by atoms with Crippen LogP contribution in [0.4, 0.5) is 0 Å². The molecular formula is C26H42O9. The fourth-order valence-corrected chi connectivity index (χ4v) is 4.31. The average molecular weight is 499 g/mol.